The molecule has 3 aromatic carbocycles. The van der Waals surface area contributed by atoms with Crippen molar-refractivity contribution in [3.8, 4) is 11.3 Å². The third kappa shape index (κ3) is 7.34. The molecule has 0 aliphatic carbocycles. The van der Waals surface area contributed by atoms with Crippen LogP contribution in [0.4, 0.5) is 27.7 Å². The quantitative estimate of drug-likeness (QED) is 0.231. The van der Waals surface area contributed by atoms with E-state index >= 15 is 0 Å². The lowest BCUT2D eigenvalue weighted by Crippen LogP contribution is -2.41. The summed E-state index contributed by atoms with van der Waals surface area (Å²) in [7, 11) is 1.69. The van der Waals surface area contributed by atoms with Crippen LogP contribution in [0.5, 0.6) is 0 Å². The van der Waals surface area contributed by atoms with Gasteiger partial charge in [-0.2, -0.15) is 0 Å². The number of carbonyl (C=O) groups is 2. The highest BCUT2D eigenvalue weighted by Gasteiger charge is 2.23. The van der Waals surface area contributed by atoms with Crippen LogP contribution in [0.1, 0.15) is 55.1 Å². The molecule has 4 N–H and O–H groups in total. The molecule has 0 spiro atoms. The van der Waals surface area contributed by atoms with E-state index < -0.39 is 6.09 Å². The van der Waals surface area contributed by atoms with E-state index in [1.54, 1.807) is 13.2 Å². The summed E-state index contributed by atoms with van der Waals surface area (Å²) in [5.41, 5.74) is 11.2. The normalized spacial score (nSPS) is 15.0. The third-order valence-electron chi connectivity index (χ3n) is 8.10. The van der Waals surface area contributed by atoms with Crippen molar-refractivity contribution in [1.29, 1.82) is 0 Å². The molecular weight excluding hydrogens is 568 g/mol. The number of aromatic nitrogens is 2. The van der Waals surface area contributed by atoms with E-state index in [0.717, 1.165) is 41.8 Å². The fourth-order valence-corrected chi connectivity index (χ4v) is 5.51. The summed E-state index contributed by atoms with van der Waals surface area (Å²) >= 11 is 0. The van der Waals surface area contributed by atoms with Crippen LogP contribution in [0.2, 0.25) is 0 Å². The Morgan fingerprint density at radius 1 is 1.02 bits per heavy atom. The van der Waals surface area contributed by atoms with E-state index in [2.05, 4.69) is 36.3 Å². The van der Waals surface area contributed by atoms with Gasteiger partial charge in [0.25, 0.3) is 11.5 Å². The van der Waals surface area contributed by atoms with Crippen LogP contribution in [0, 0.1) is 6.92 Å². The Hall–Kier alpha value is -5.12. The maximum absolute atomic E-state index is 13.1. The first-order valence-electron chi connectivity index (χ1n) is 15.1. The van der Waals surface area contributed by atoms with Gasteiger partial charge in [0.15, 0.2) is 5.82 Å². The van der Waals surface area contributed by atoms with E-state index in [9.17, 15) is 14.4 Å². The summed E-state index contributed by atoms with van der Waals surface area (Å²) in [6.07, 6.45) is 2.37. The summed E-state index contributed by atoms with van der Waals surface area (Å²) in [5, 5.41) is 6.21. The highest BCUT2D eigenvalue weighted by atomic mass is 16.6. The van der Waals surface area contributed by atoms with Crippen molar-refractivity contribution in [3.05, 3.63) is 100.0 Å². The van der Waals surface area contributed by atoms with Crippen molar-refractivity contribution in [2.75, 3.05) is 28.6 Å². The minimum atomic E-state index is -0.758. The second kappa shape index (κ2) is 12.9. The molecule has 2 amide bonds. The molecular formula is C35H40N6O4. The Morgan fingerprint density at radius 2 is 1.73 bits per heavy atom. The second-order valence-corrected chi connectivity index (χ2v) is 12.5. The number of aryl methyl sites for hydroxylation is 1. The monoisotopic (exact) mass is 608 g/mol. The predicted molar refractivity (Wildman–Crippen MR) is 178 cm³/mol. The van der Waals surface area contributed by atoms with E-state index in [1.165, 1.54) is 4.57 Å². The fraction of sp³-hybridized carbons (Fsp3) is 0.314. The van der Waals surface area contributed by atoms with Gasteiger partial charge in [0.05, 0.1) is 12.2 Å². The molecule has 2 heterocycles. The average Bonchev–Trinajstić information content (AvgIpc) is 3.00. The summed E-state index contributed by atoms with van der Waals surface area (Å²) < 4.78 is 6.70. The van der Waals surface area contributed by atoms with Gasteiger partial charge in [0.2, 0.25) is 0 Å². The van der Waals surface area contributed by atoms with E-state index in [4.69, 9.17) is 15.5 Å². The third-order valence-corrected chi connectivity index (χ3v) is 8.10. The number of rotatable bonds is 7. The average molecular weight is 609 g/mol. The number of primary amides is 1. The maximum atomic E-state index is 13.1. The molecule has 0 saturated carbocycles. The van der Waals surface area contributed by atoms with Gasteiger partial charge in [-0.3, -0.25) is 9.59 Å². The number of hydrogen-bond donors (Lipinski definition) is 3. The van der Waals surface area contributed by atoms with Gasteiger partial charge in [0.1, 0.15) is 6.10 Å². The van der Waals surface area contributed by atoms with Crippen LogP contribution in [0.3, 0.4) is 0 Å². The van der Waals surface area contributed by atoms with Crippen LogP contribution in [0.25, 0.3) is 11.3 Å². The van der Waals surface area contributed by atoms with Gasteiger partial charge in [-0.15, -0.1) is 0 Å². The van der Waals surface area contributed by atoms with E-state index in [-0.39, 0.29) is 28.8 Å². The number of nitrogens with one attached hydrogen (secondary N) is 2. The molecule has 4 aromatic rings. The van der Waals surface area contributed by atoms with Gasteiger partial charge >= 0.3 is 6.09 Å². The van der Waals surface area contributed by atoms with Crippen molar-refractivity contribution in [2.45, 2.75) is 52.1 Å². The molecule has 10 heteroatoms. The molecule has 5 rings (SSSR count). The number of piperidine rings is 1. The number of ether oxygens (including phenoxy) is 1. The molecule has 0 bridgehead atoms. The number of hydrogen-bond acceptors (Lipinski definition) is 7. The number of nitrogens with two attached hydrogens (primary N) is 1. The number of amides is 2. The fourth-order valence-electron chi connectivity index (χ4n) is 5.51. The zero-order valence-corrected chi connectivity index (χ0v) is 26.4. The standard InChI is InChI=1S/C35H40N6O4/c1-22-28(9-6-10-29(22)39-32(42)23-11-13-24(14-12-23)35(2,3)4)30-21-40(5)33(43)31(38-30)37-25-15-17-26(18-16-25)41-19-7-8-27(20-41)45-34(36)44/h6,9-18,21,27H,7-8,19-20H2,1-5H3,(H2,36,44)(H,37,38)(H,39,42). The molecule has 234 valence electrons. The molecule has 1 aliphatic heterocycles. The predicted octanol–water partition coefficient (Wildman–Crippen LogP) is 6.11. The van der Waals surface area contributed by atoms with Crippen LogP contribution in [0.15, 0.2) is 77.7 Å². The Labute approximate surface area is 263 Å². The number of nitrogens with zero attached hydrogens (tertiary/aromatic N) is 3. The summed E-state index contributed by atoms with van der Waals surface area (Å²) in [6, 6.07) is 21.0. The van der Waals surface area contributed by atoms with Gasteiger partial charge < -0.3 is 30.6 Å². The maximum Gasteiger partial charge on any atom is 0.404 e. The summed E-state index contributed by atoms with van der Waals surface area (Å²) in [6.45, 7) is 9.75. The minimum absolute atomic E-state index is 0.000966. The van der Waals surface area contributed by atoms with Crippen LogP contribution < -0.4 is 26.8 Å². The number of benzene rings is 3. The van der Waals surface area contributed by atoms with Crippen molar-refractivity contribution in [2.24, 2.45) is 12.8 Å². The SMILES string of the molecule is Cc1c(NC(=O)c2ccc(C(C)(C)C)cc2)cccc1-c1cn(C)c(=O)c(Nc2ccc(N3CCCC(OC(N)=O)C3)cc2)n1. The first kappa shape index (κ1) is 31.3. The van der Waals surface area contributed by atoms with Crippen molar-refractivity contribution in [1.82, 2.24) is 9.55 Å². The Morgan fingerprint density at radius 3 is 2.40 bits per heavy atom. The Balaban J connectivity index is 1.33. The number of anilines is 4. The molecule has 1 fully saturated rings. The molecule has 1 saturated heterocycles. The first-order chi connectivity index (χ1) is 21.4. The van der Waals surface area contributed by atoms with Gasteiger partial charge in [0, 0.05) is 48.0 Å². The molecule has 1 aliphatic rings. The lowest BCUT2D eigenvalue weighted by molar-refractivity contribution is 0.0965. The van der Waals surface area contributed by atoms with Gasteiger partial charge in [-0.1, -0.05) is 45.0 Å². The van der Waals surface area contributed by atoms with Crippen LogP contribution >= 0.6 is 0 Å². The lowest BCUT2D eigenvalue weighted by Gasteiger charge is -2.33. The topological polar surface area (TPSA) is 132 Å². The summed E-state index contributed by atoms with van der Waals surface area (Å²) in [4.78, 5) is 44.2. The highest BCUT2D eigenvalue weighted by molar-refractivity contribution is 6.05. The van der Waals surface area contributed by atoms with Crippen molar-refractivity contribution in [3.63, 3.8) is 0 Å². The lowest BCUT2D eigenvalue weighted by atomic mass is 9.86. The highest BCUT2D eigenvalue weighted by Crippen LogP contribution is 2.29. The van der Waals surface area contributed by atoms with E-state index in [0.29, 0.717) is 29.2 Å². The van der Waals surface area contributed by atoms with Gasteiger partial charge in [-0.05, 0) is 78.8 Å². The zero-order chi connectivity index (χ0) is 32.3. The zero-order valence-electron chi connectivity index (χ0n) is 26.4. The smallest absolute Gasteiger partial charge is 0.404 e. The van der Waals surface area contributed by atoms with E-state index in [1.807, 2.05) is 73.7 Å². The van der Waals surface area contributed by atoms with Crippen LogP contribution in [-0.2, 0) is 17.2 Å². The van der Waals surface area contributed by atoms with Crippen LogP contribution in [-0.4, -0.2) is 40.7 Å². The molecule has 0 radical (unpaired) electrons. The summed E-state index contributed by atoms with van der Waals surface area (Å²) in [5.74, 6) is -0.0150. The molecule has 45 heavy (non-hydrogen) atoms. The number of carbonyl (C=O) groups excluding carboxylic acids is 2. The molecule has 1 atom stereocenters. The van der Waals surface area contributed by atoms with Gasteiger partial charge in [-0.25, -0.2) is 9.78 Å². The largest absolute Gasteiger partial charge is 0.445 e. The Bertz CT molecular complexity index is 1760. The Kier molecular flexibility index (Phi) is 8.94. The first-order valence-corrected chi connectivity index (χ1v) is 15.1. The van der Waals surface area contributed by atoms with Crippen molar-refractivity contribution >= 4 is 34.9 Å². The molecule has 10 nitrogen and oxygen atoms in total. The minimum Gasteiger partial charge on any atom is -0.445 e. The second-order valence-electron chi connectivity index (χ2n) is 12.5. The molecule has 1 unspecified atom stereocenters. The molecule has 1 aromatic heterocycles. The van der Waals surface area contributed by atoms with Crippen molar-refractivity contribution < 1.29 is 14.3 Å².